The SMILES string of the molecule is CCNC1CCC2(CC1N(CC)CCOC)OCCO2. The molecule has 0 aromatic rings. The second kappa shape index (κ2) is 7.71. The van der Waals surface area contributed by atoms with Gasteiger partial charge in [-0.25, -0.2) is 0 Å². The van der Waals surface area contributed by atoms with E-state index in [0.29, 0.717) is 12.1 Å². The van der Waals surface area contributed by atoms with Crippen LogP contribution in [0.4, 0.5) is 0 Å². The van der Waals surface area contributed by atoms with E-state index in [2.05, 4.69) is 24.1 Å². The van der Waals surface area contributed by atoms with Crippen LogP contribution in [-0.2, 0) is 14.2 Å². The summed E-state index contributed by atoms with van der Waals surface area (Å²) in [6.45, 7) is 9.66. The van der Waals surface area contributed by atoms with Crippen molar-refractivity contribution in [3.63, 3.8) is 0 Å². The molecule has 0 amide bonds. The predicted molar refractivity (Wildman–Crippen MR) is 78.9 cm³/mol. The van der Waals surface area contributed by atoms with Crippen LogP contribution in [0.1, 0.15) is 33.1 Å². The number of hydrogen-bond acceptors (Lipinski definition) is 5. The molecule has 1 aliphatic carbocycles. The first-order valence-electron chi connectivity index (χ1n) is 7.99. The van der Waals surface area contributed by atoms with Crippen LogP contribution in [0.25, 0.3) is 0 Å². The van der Waals surface area contributed by atoms with Gasteiger partial charge in [-0.2, -0.15) is 0 Å². The van der Waals surface area contributed by atoms with E-state index in [1.54, 1.807) is 7.11 Å². The minimum absolute atomic E-state index is 0.322. The fourth-order valence-electron chi connectivity index (χ4n) is 3.54. The Labute approximate surface area is 122 Å². The van der Waals surface area contributed by atoms with Crippen LogP contribution in [0.2, 0.25) is 0 Å². The molecule has 1 N–H and O–H groups in total. The summed E-state index contributed by atoms with van der Waals surface area (Å²) in [5.74, 6) is -0.322. The summed E-state index contributed by atoms with van der Waals surface area (Å²) >= 11 is 0. The van der Waals surface area contributed by atoms with Crippen LogP contribution in [0, 0.1) is 0 Å². The second-order valence-electron chi connectivity index (χ2n) is 5.70. The fraction of sp³-hybridized carbons (Fsp3) is 1.00. The van der Waals surface area contributed by atoms with Crippen LogP contribution in [-0.4, -0.2) is 69.3 Å². The third-order valence-corrected chi connectivity index (χ3v) is 4.56. The Hall–Kier alpha value is -0.200. The van der Waals surface area contributed by atoms with Crippen molar-refractivity contribution in [3.05, 3.63) is 0 Å². The largest absolute Gasteiger partial charge is 0.383 e. The highest BCUT2D eigenvalue weighted by molar-refractivity contribution is 4.96. The van der Waals surface area contributed by atoms with Gasteiger partial charge in [-0.05, 0) is 19.5 Å². The molecular formula is C15H30N2O3. The molecule has 2 rings (SSSR count). The molecule has 1 aliphatic heterocycles. The van der Waals surface area contributed by atoms with Crippen molar-refractivity contribution < 1.29 is 14.2 Å². The quantitative estimate of drug-likeness (QED) is 0.762. The van der Waals surface area contributed by atoms with E-state index in [9.17, 15) is 0 Å². The summed E-state index contributed by atoms with van der Waals surface area (Å²) < 4.78 is 17.1. The molecule has 0 aromatic carbocycles. The maximum Gasteiger partial charge on any atom is 0.170 e. The highest BCUT2D eigenvalue weighted by atomic mass is 16.7. The number of rotatable bonds is 7. The molecule has 1 spiro atoms. The zero-order chi connectivity index (χ0) is 14.4. The normalized spacial score (nSPS) is 29.4. The monoisotopic (exact) mass is 286 g/mol. The number of ether oxygens (including phenoxy) is 3. The van der Waals surface area contributed by atoms with Crippen molar-refractivity contribution in [1.82, 2.24) is 10.2 Å². The van der Waals surface area contributed by atoms with Crippen molar-refractivity contribution in [3.8, 4) is 0 Å². The summed E-state index contributed by atoms with van der Waals surface area (Å²) in [6.07, 6.45) is 3.08. The van der Waals surface area contributed by atoms with Gasteiger partial charge in [0.2, 0.25) is 0 Å². The number of hydrogen-bond donors (Lipinski definition) is 1. The molecular weight excluding hydrogens is 256 g/mol. The molecule has 5 nitrogen and oxygen atoms in total. The predicted octanol–water partition coefficient (Wildman–Crippen LogP) is 1.23. The van der Waals surface area contributed by atoms with Crippen molar-refractivity contribution in [2.45, 2.75) is 51.0 Å². The lowest BCUT2D eigenvalue weighted by molar-refractivity contribution is -0.193. The molecule has 1 heterocycles. The molecule has 2 atom stereocenters. The number of methoxy groups -OCH3 is 1. The summed E-state index contributed by atoms with van der Waals surface area (Å²) in [6, 6.07) is 0.984. The average molecular weight is 286 g/mol. The van der Waals surface area contributed by atoms with E-state index in [1.807, 2.05) is 0 Å². The molecule has 0 bridgehead atoms. The second-order valence-corrected chi connectivity index (χ2v) is 5.70. The van der Waals surface area contributed by atoms with Gasteiger partial charge in [0.1, 0.15) is 0 Å². The molecule has 0 aromatic heterocycles. The van der Waals surface area contributed by atoms with E-state index in [-0.39, 0.29) is 5.79 Å². The summed E-state index contributed by atoms with van der Waals surface area (Å²) in [5, 5.41) is 3.64. The smallest absolute Gasteiger partial charge is 0.170 e. The van der Waals surface area contributed by atoms with Gasteiger partial charge in [-0.15, -0.1) is 0 Å². The van der Waals surface area contributed by atoms with E-state index in [4.69, 9.17) is 14.2 Å². The van der Waals surface area contributed by atoms with Gasteiger partial charge in [0, 0.05) is 38.6 Å². The molecule has 1 saturated heterocycles. The third-order valence-electron chi connectivity index (χ3n) is 4.56. The third kappa shape index (κ3) is 3.71. The molecule has 0 radical (unpaired) electrons. The van der Waals surface area contributed by atoms with Gasteiger partial charge < -0.3 is 19.5 Å². The van der Waals surface area contributed by atoms with Crippen LogP contribution in [0.5, 0.6) is 0 Å². The van der Waals surface area contributed by atoms with Crippen LogP contribution in [0.15, 0.2) is 0 Å². The molecule has 2 aliphatic rings. The van der Waals surface area contributed by atoms with Gasteiger partial charge in [0.05, 0.1) is 19.8 Å². The molecule has 118 valence electrons. The maximum absolute atomic E-state index is 5.93. The Morgan fingerprint density at radius 3 is 2.65 bits per heavy atom. The number of nitrogens with one attached hydrogen (secondary N) is 1. The van der Waals surface area contributed by atoms with Crippen LogP contribution < -0.4 is 5.32 Å². The molecule has 1 saturated carbocycles. The van der Waals surface area contributed by atoms with E-state index >= 15 is 0 Å². The Balaban J connectivity index is 2.04. The number of nitrogens with zero attached hydrogens (tertiary/aromatic N) is 1. The fourth-order valence-corrected chi connectivity index (χ4v) is 3.54. The Morgan fingerprint density at radius 2 is 2.05 bits per heavy atom. The van der Waals surface area contributed by atoms with Crippen molar-refractivity contribution in [2.24, 2.45) is 0 Å². The first-order valence-corrected chi connectivity index (χ1v) is 7.99. The summed E-state index contributed by atoms with van der Waals surface area (Å²) in [5.41, 5.74) is 0. The number of likely N-dealkylation sites (N-methyl/N-ethyl adjacent to an activating group) is 2. The zero-order valence-corrected chi connectivity index (χ0v) is 13.2. The lowest BCUT2D eigenvalue weighted by Crippen LogP contribution is -2.58. The first-order chi connectivity index (χ1) is 9.74. The van der Waals surface area contributed by atoms with E-state index in [0.717, 1.165) is 58.7 Å². The van der Waals surface area contributed by atoms with Crippen molar-refractivity contribution in [1.29, 1.82) is 0 Å². The Kier molecular flexibility index (Phi) is 6.23. The summed E-state index contributed by atoms with van der Waals surface area (Å²) in [7, 11) is 1.77. The summed E-state index contributed by atoms with van der Waals surface area (Å²) in [4.78, 5) is 2.50. The zero-order valence-electron chi connectivity index (χ0n) is 13.2. The molecule has 20 heavy (non-hydrogen) atoms. The highest BCUT2D eigenvalue weighted by Crippen LogP contribution is 2.37. The molecule has 2 unspecified atom stereocenters. The van der Waals surface area contributed by atoms with Gasteiger partial charge in [0.25, 0.3) is 0 Å². The maximum atomic E-state index is 5.93. The lowest BCUT2D eigenvalue weighted by Gasteiger charge is -2.46. The van der Waals surface area contributed by atoms with Gasteiger partial charge in [-0.1, -0.05) is 13.8 Å². The topological polar surface area (TPSA) is 43.0 Å². The van der Waals surface area contributed by atoms with Gasteiger partial charge in [-0.3, -0.25) is 4.90 Å². The van der Waals surface area contributed by atoms with E-state index < -0.39 is 0 Å². The Morgan fingerprint density at radius 1 is 1.30 bits per heavy atom. The standard InChI is InChI=1S/C15H30N2O3/c1-4-16-13-6-7-15(19-10-11-20-15)12-14(13)17(5-2)8-9-18-3/h13-14,16H,4-12H2,1-3H3. The molecule has 2 fully saturated rings. The van der Waals surface area contributed by atoms with Crippen LogP contribution in [0.3, 0.4) is 0 Å². The van der Waals surface area contributed by atoms with Gasteiger partial charge >= 0.3 is 0 Å². The average Bonchev–Trinajstić information content (AvgIpc) is 2.91. The van der Waals surface area contributed by atoms with Gasteiger partial charge in [0.15, 0.2) is 5.79 Å². The first kappa shape index (κ1) is 16.2. The lowest BCUT2D eigenvalue weighted by atomic mass is 9.84. The Bertz CT molecular complexity index is 282. The van der Waals surface area contributed by atoms with Crippen molar-refractivity contribution in [2.75, 3.05) is 46.6 Å². The molecule has 5 heteroatoms. The van der Waals surface area contributed by atoms with E-state index in [1.165, 1.54) is 0 Å². The minimum Gasteiger partial charge on any atom is -0.383 e. The highest BCUT2D eigenvalue weighted by Gasteiger charge is 2.46. The van der Waals surface area contributed by atoms with Crippen molar-refractivity contribution >= 4 is 0 Å². The minimum atomic E-state index is -0.322. The van der Waals surface area contributed by atoms with Crippen LogP contribution >= 0.6 is 0 Å².